The fraction of sp³-hybridized carbons (Fsp3) is 0.615. The average Bonchev–Trinajstić information content (AvgIpc) is 2.39. The highest BCUT2D eigenvalue weighted by atomic mass is 16.4. The van der Waals surface area contributed by atoms with Gasteiger partial charge in [0.1, 0.15) is 12.1 Å². The topological polar surface area (TPSA) is 75.1 Å². The van der Waals surface area contributed by atoms with Crippen molar-refractivity contribution in [3.8, 4) is 0 Å². The Kier molecular flexibility index (Phi) is 3.79. The van der Waals surface area contributed by atoms with Crippen molar-refractivity contribution in [2.45, 2.75) is 32.6 Å². The molecule has 1 fully saturated rings. The van der Waals surface area contributed by atoms with Crippen molar-refractivity contribution in [1.29, 1.82) is 0 Å². The molecule has 98 valence electrons. The van der Waals surface area contributed by atoms with Crippen LogP contribution in [0.15, 0.2) is 18.6 Å². The van der Waals surface area contributed by atoms with Crippen LogP contribution >= 0.6 is 0 Å². The zero-order valence-corrected chi connectivity index (χ0v) is 10.6. The average molecular weight is 249 g/mol. The Morgan fingerprint density at radius 1 is 1.56 bits per heavy atom. The van der Waals surface area contributed by atoms with E-state index in [2.05, 4.69) is 22.2 Å². The highest BCUT2D eigenvalue weighted by Crippen LogP contribution is 2.39. The SMILES string of the molecule is CC1CCC(CNc2ccncn2)(C(=O)O)CC1. The number of nitrogens with zero attached hydrogens (tertiary/aromatic N) is 2. The molecule has 5 nitrogen and oxygen atoms in total. The van der Waals surface area contributed by atoms with Gasteiger partial charge in [-0.25, -0.2) is 9.97 Å². The van der Waals surface area contributed by atoms with Crippen LogP contribution in [-0.2, 0) is 4.79 Å². The molecule has 0 bridgehead atoms. The van der Waals surface area contributed by atoms with E-state index in [0.717, 1.165) is 25.7 Å². The van der Waals surface area contributed by atoms with E-state index in [4.69, 9.17) is 0 Å². The number of hydrogen-bond donors (Lipinski definition) is 2. The zero-order valence-electron chi connectivity index (χ0n) is 10.6. The summed E-state index contributed by atoms with van der Waals surface area (Å²) in [5.41, 5.74) is -0.641. The molecule has 2 rings (SSSR count). The van der Waals surface area contributed by atoms with E-state index in [1.54, 1.807) is 12.3 Å². The van der Waals surface area contributed by atoms with Crippen LogP contribution < -0.4 is 5.32 Å². The first-order chi connectivity index (χ1) is 8.62. The lowest BCUT2D eigenvalue weighted by Gasteiger charge is -2.35. The molecule has 0 aliphatic heterocycles. The highest BCUT2D eigenvalue weighted by molar-refractivity contribution is 5.75. The molecule has 0 spiro atoms. The summed E-state index contributed by atoms with van der Waals surface area (Å²) in [6.07, 6.45) is 6.54. The molecule has 0 unspecified atom stereocenters. The number of aromatic nitrogens is 2. The Morgan fingerprint density at radius 2 is 2.28 bits per heavy atom. The summed E-state index contributed by atoms with van der Waals surface area (Å²) < 4.78 is 0. The predicted octanol–water partition coefficient (Wildman–Crippen LogP) is 2.17. The summed E-state index contributed by atoms with van der Waals surface area (Å²) in [7, 11) is 0. The molecule has 5 heteroatoms. The van der Waals surface area contributed by atoms with Crippen LogP contribution in [0.1, 0.15) is 32.6 Å². The highest BCUT2D eigenvalue weighted by Gasteiger charge is 2.41. The number of carbonyl (C=O) groups is 1. The molecule has 0 aromatic carbocycles. The van der Waals surface area contributed by atoms with Crippen LogP contribution in [0.2, 0.25) is 0 Å². The molecule has 0 radical (unpaired) electrons. The normalized spacial score (nSPS) is 27.7. The van der Waals surface area contributed by atoms with Crippen LogP contribution in [0.25, 0.3) is 0 Å². The Morgan fingerprint density at radius 3 is 2.83 bits per heavy atom. The molecule has 18 heavy (non-hydrogen) atoms. The van der Waals surface area contributed by atoms with E-state index < -0.39 is 11.4 Å². The maximum absolute atomic E-state index is 11.5. The Balaban J connectivity index is 2.01. The monoisotopic (exact) mass is 249 g/mol. The van der Waals surface area contributed by atoms with E-state index in [-0.39, 0.29) is 0 Å². The minimum Gasteiger partial charge on any atom is -0.481 e. The number of hydrogen-bond acceptors (Lipinski definition) is 4. The van der Waals surface area contributed by atoms with E-state index >= 15 is 0 Å². The van der Waals surface area contributed by atoms with Gasteiger partial charge in [0.15, 0.2) is 0 Å². The molecule has 0 saturated heterocycles. The largest absolute Gasteiger partial charge is 0.481 e. The van der Waals surface area contributed by atoms with Crippen molar-refractivity contribution in [2.75, 3.05) is 11.9 Å². The molecule has 0 amide bonds. The van der Waals surface area contributed by atoms with Crippen LogP contribution in [0.5, 0.6) is 0 Å². The van der Waals surface area contributed by atoms with Crippen LogP contribution in [-0.4, -0.2) is 27.6 Å². The van der Waals surface area contributed by atoms with Crippen molar-refractivity contribution in [3.05, 3.63) is 18.6 Å². The van der Waals surface area contributed by atoms with E-state index in [0.29, 0.717) is 18.3 Å². The maximum atomic E-state index is 11.5. The van der Waals surface area contributed by atoms with Gasteiger partial charge in [-0.05, 0) is 37.7 Å². The molecular weight excluding hydrogens is 230 g/mol. The van der Waals surface area contributed by atoms with E-state index in [1.165, 1.54) is 6.33 Å². The Labute approximate surface area is 107 Å². The van der Waals surface area contributed by atoms with Gasteiger partial charge in [0.2, 0.25) is 0 Å². The third-order valence-corrected chi connectivity index (χ3v) is 3.87. The van der Waals surface area contributed by atoms with Gasteiger partial charge in [-0.2, -0.15) is 0 Å². The molecule has 1 aliphatic carbocycles. The quantitative estimate of drug-likeness (QED) is 0.855. The smallest absolute Gasteiger partial charge is 0.311 e. The summed E-state index contributed by atoms with van der Waals surface area (Å²) in [6, 6.07) is 1.75. The van der Waals surface area contributed by atoms with Gasteiger partial charge in [0, 0.05) is 12.7 Å². The lowest BCUT2D eigenvalue weighted by atomic mass is 9.71. The van der Waals surface area contributed by atoms with Crippen molar-refractivity contribution in [3.63, 3.8) is 0 Å². The predicted molar refractivity (Wildman–Crippen MR) is 68.2 cm³/mol. The first-order valence-electron chi connectivity index (χ1n) is 6.36. The molecule has 1 aromatic heterocycles. The molecule has 0 atom stereocenters. The summed E-state index contributed by atoms with van der Waals surface area (Å²) in [5.74, 6) is 0.622. The van der Waals surface area contributed by atoms with Gasteiger partial charge in [0.05, 0.1) is 5.41 Å². The fourth-order valence-corrected chi connectivity index (χ4v) is 2.44. The lowest BCUT2D eigenvalue weighted by Crippen LogP contribution is -2.41. The lowest BCUT2D eigenvalue weighted by molar-refractivity contribution is -0.150. The maximum Gasteiger partial charge on any atom is 0.311 e. The molecule has 1 aromatic rings. The summed E-state index contributed by atoms with van der Waals surface area (Å²) in [5, 5.41) is 12.6. The zero-order chi connectivity index (χ0) is 13.0. The van der Waals surface area contributed by atoms with Gasteiger partial charge < -0.3 is 10.4 Å². The first kappa shape index (κ1) is 12.8. The second-order valence-corrected chi connectivity index (χ2v) is 5.22. The van der Waals surface area contributed by atoms with Crippen molar-refractivity contribution in [1.82, 2.24) is 9.97 Å². The standard InChI is InChI=1S/C13H19N3O2/c1-10-2-5-13(6-3-10,12(17)18)8-15-11-4-7-14-9-16-11/h4,7,9-10H,2-3,5-6,8H2,1H3,(H,17,18)(H,14,15,16). The molecule has 2 N–H and O–H groups in total. The first-order valence-corrected chi connectivity index (χ1v) is 6.36. The van der Waals surface area contributed by atoms with Gasteiger partial charge in [-0.15, -0.1) is 0 Å². The molecule has 1 aliphatic rings. The van der Waals surface area contributed by atoms with Crippen molar-refractivity contribution >= 4 is 11.8 Å². The molecular formula is C13H19N3O2. The van der Waals surface area contributed by atoms with Gasteiger partial charge in [-0.3, -0.25) is 4.79 Å². The van der Waals surface area contributed by atoms with Gasteiger partial charge in [0.25, 0.3) is 0 Å². The van der Waals surface area contributed by atoms with E-state index in [1.807, 2.05) is 0 Å². The number of rotatable bonds is 4. The van der Waals surface area contributed by atoms with Crippen molar-refractivity contribution in [2.24, 2.45) is 11.3 Å². The number of carboxylic acids is 1. The minimum atomic E-state index is -0.698. The molecule has 1 saturated carbocycles. The fourth-order valence-electron chi connectivity index (χ4n) is 2.44. The molecule has 1 heterocycles. The van der Waals surface area contributed by atoms with Gasteiger partial charge in [-0.1, -0.05) is 6.92 Å². The van der Waals surface area contributed by atoms with Crippen LogP contribution in [0, 0.1) is 11.3 Å². The van der Waals surface area contributed by atoms with Gasteiger partial charge >= 0.3 is 5.97 Å². The van der Waals surface area contributed by atoms with E-state index in [9.17, 15) is 9.90 Å². The Bertz CT molecular complexity index is 400. The third-order valence-electron chi connectivity index (χ3n) is 3.87. The van der Waals surface area contributed by atoms with Crippen LogP contribution in [0.3, 0.4) is 0 Å². The van der Waals surface area contributed by atoms with Crippen LogP contribution in [0.4, 0.5) is 5.82 Å². The number of nitrogens with one attached hydrogen (secondary N) is 1. The summed E-state index contributed by atoms with van der Waals surface area (Å²) in [4.78, 5) is 19.4. The number of carboxylic acid groups (broad SMARTS) is 1. The number of anilines is 1. The number of aliphatic carboxylic acids is 1. The summed E-state index contributed by atoms with van der Waals surface area (Å²) >= 11 is 0. The third kappa shape index (κ3) is 2.78. The second kappa shape index (κ2) is 5.33. The van der Waals surface area contributed by atoms with Crippen molar-refractivity contribution < 1.29 is 9.90 Å². The summed E-state index contributed by atoms with van der Waals surface area (Å²) in [6.45, 7) is 2.62. The minimum absolute atomic E-state index is 0.437. The Hall–Kier alpha value is -1.65. The second-order valence-electron chi connectivity index (χ2n) is 5.22.